The molecule has 0 aromatic heterocycles. The molecule has 1 unspecified atom stereocenters. The van der Waals surface area contributed by atoms with Crippen molar-refractivity contribution >= 4 is 12.9 Å². The molecule has 0 bridgehead atoms. The first kappa shape index (κ1) is 13.2. The van der Waals surface area contributed by atoms with Crippen LogP contribution >= 0.6 is 0 Å². The van der Waals surface area contributed by atoms with Crippen LogP contribution in [0.1, 0.15) is 25.5 Å². The van der Waals surface area contributed by atoms with Crippen molar-refractivity contribution in [2.75, 3.05) is 6.54 Å². The zero-order valence-electron chi connectivity index (χ0n) is 8.64. The van der Waals surface area contributed by atoms with E-state index in [0.717, 1.165) is 7.48 Å². The number of hydrogen-bond donors (Lipinski definition) is 3. The first-order chi connectivity index (χ1) is 6.79. The summed E-state index contributed by atoms with van der Waals surface area (Å²) in [5, 5.41) is 18.2. The van der Waals surface area contributed by atoms with E-state index >= 15 is 0 Å². The Labute approximate surface area is 85.8 Å². The number of rotatable bonds is 3. The predicted molar refractivity (Wildman–Crippen MR) is 59.4 cm³/mol. The van der Waals surface area contributed by atoms with Crippen LogP contribution in [0.25, 0.3) is 0 Å². The van der Waals surface area contributed by atoms with Crippen LogP contribution < -0.4 is 11.2 Å². The summed E-state index contributed by atoms with van der Waals surface area (Å²) in [5.74, 6) is 0. The standard InChI is InChI=1S/C8H11BNO2.C2H6/c10-5-8(11)6-3-1-2-4-7(6)9-12;1-2/h1-4,8,11-12H,5,10H2;1-2H3. The lowest BCUT2D eigenvalue weighted by Crippen LogP contribution is -2.24. The number of aliphatic hydroxyl groups excluding tert-OH is 1. The molecular formula is C10H17BNO2. The van der Waals surface area contributed by atoms with Crippen molar-refractivity contribution in [3.63, 3.8) is 0 Å². The van der Waals surface area contributed by atoms with Crippen LogP contribution in [0.15, 0.2) is 24.3 Å². The van der Waals surface area contributed by atoms with E-state index < -0.39 is 6.10 Å². The SMILES string of the molecule is CC.NCC(O)c1ccccc1[B]O. The Morgan fingerprint density at radius 1 is 1.36 bits per heavy atom. The Hall–Kier alpha value is -0.835. The monoisotopic (exact) mass is 194 g/mol. The summed E-state index contributed by atoms with van der Waals surface area (Å²) in [6, 6.07) is 7.03. The number of benzene rings is 1. The van der Waals surface area contributed by atoms with Crippen molar-refractivity contribution in [1.82, 2.24) is 0 Å². The van der Waals surface area contributed by atoms with Gasteiger partial charge >= 0.3 is 7.48 Å². The van der Waals surface area contributed by atoms with E-state index in [1.54, 1.807) is 24.3 Å². The van der Waals surface area contributed by atoms with E-state index in [4.69, 9.17) is 10.8 Å². The van der Waals surface area contributed by atoms with Crippen LogP contribution in [0.2, 0.25) is 0 Å². The Kier molecular flexibility index (Phi) is 7.11. The molecule has 14 heavy (non-hydrogen) atoms. The fourth-order valence-corrected chi connectivity index (χ4v) is 1.06. The maximum atomic E-state index is 9.39. The van der Waals surface area contributed by atoms with Crippen LogP contribution in [-0.4, -0.2) is 24.2 Å². The molecule has 1 aromatic rings. The van der Waals surface area contributed by atoms with E-state index in [1.165, 1.54) is 0 Å². The van der Waals surface area contributed by atoms with E-state index in [1.807, 2.05) is 13.8 Å². The Morgan fingerprint density at radius 2 is 1.93 bits per heavy atom. The number of hydrogen-bond acceptors (Lipinski definition) is 3. The van der Waals surface area contributed by atoms with Crippen molar-refractivity contribution in [1.29, 1.82) is 0 Å². The number of aliphatic hydroxyl groups is 1. The van der Waals surface area contributed by atoms with Crippen LogP contribution in [0.5, 0.6) is 0 Å². The molecule has 1 atom stereocenters. The second-order valence-electron chi connectivity index (χ2n) is 2.51. The van der Waals surface area contributed by atoms with Gasteiger partial charge in [-0.2, -0.15) is 0 Å². The van der Waals surface area contributed by atoms with Crippen LogP contribution in [0.4, 0.5) is 0 Å². The van der Waals surface area contributed by atoms with Crippen LogP contribution in [-0.2, 0) is 0 Å². The van der Waals surface area contributed by atoms with Gasteiger partial charge in [-0.15, -0.1) is 0 Å². The Balaban J connectivity index is 0.000000791. The van der Waals surface area contributed by atoms with Gasteiger partial charge in [0.05, 0.1) is 6.10 Å². The van der Waals surface area contributed by atoms with Gasteiger partial charge in [0, 0.05) is 6.54 Å². The van der Waals surface area contributed by atoms with E-state index in [9.17, 15) is 5.11 Å². The van der Waals surface area contributed by atoms with Crippen molar-refractivity contribution in [3.05, 3.63) is 29.8 Å². The molecule has 0 amide bonds. The highest BCUT2D eigenvalue weighted by Gasteiger charge is 2.09. The summed E-state index contributed by atoms with van der Waals surface area (Å²) in [5.41, 5.74) is 6.54. The second kappa shape index (κ2) is 7.56. The van der Waals surface area contributed by atoms with Gasteiger partial charge in [-0.3, -0.25) is 0 Å². The van der Waals surface area contributed by atoms with E-state index in [2.05, 4.69) is 0 Å². The van der Waals surface area contributed by atoms with Gasteiger partial charge in [-0.1, -0.05) is 38.1 Å². The van der Waals surface area contributed by atoms with Gasteiger partial charge in [-0.25, -0.2) is 0 Å². The average Bonchev–Trinajstić information content (AvgIpc) is 2.30. The second-order valence-corrected chi connectivity index (χ2v) is 2.51. The average molecular weight is 194 g/mol. The molecule has 0 saturated heterocycles. The van der Waals surface area contributed by atoms with Crippen molar-refractivity contribution < 1.29 is 10.1 Å². The summed E-state index contributed by atoms with van der Waals surface area (Å²) in [6.07, 6.45) is -0.704. The summed E-state index contributed by atoms with van der Waals surface area (Å²) < 4.78 is 0. The summed E-state index contributed by atoms with van der Waals surface area (Å²) in [6.45, 7) is 4.16. The van der Waals surface area contributed by atoms with Gasteiger partial charge < -0.3 is 15.9 Å². The summed E-state index contributed by atoms with van der Waals surface area (Å²) in [7, 11) is 0.966. The normalized spacial score (nSPS) is 11.2. The Morgan fingerprint density at radius 3 is 2.43 bits per heavy atom. The fraction of sp³-hybridized carbons (Fsp3) is 0.400. The topological polar surface area (TPSA) is 66.5 Å². The maximum Gasteiger partial charge on any atom is 0.327 e. The summed E-state index contributed by atoms with van der Waals surface area (Å²) >= 11 is 0. The van der Waals surface area contributed by atoms with E-state index in [-0.39, 0.29) is 6.54 Å². The fourth-order valence-electron chi connectivity index (χ4n) is 1.06. The highest BCUT2D eigenvalue weighted by molar-refractivity contribution is 6.46. The van der Waals surface area contributed by atoms with E-state index in [0.29, 0.717) is 11.0 Å². The zero-order valence-corrected chi connectivity index (χ0v) is 8.64. The first-order valence-corrected chi connectivity index (χ1v) is 4.74. The maximum absolute atomic E-state index is 9.39. The minimum Gasteiger partial charge on any atom is -0.450 e. The molecule has 1 radical (unpaired) electrons. The molecule has 0 fully saturated rings. The van der Waals surface area contributed by atoms with Crippen molar-refractivity contribution in [2.45, 2.75) is 20.0 Å². The highest BCUT2D eigenvalue weighted by Crippen LogP contribution is 2.07. The smallest absolute Gasteiger partial charge is 0.327 e. The van der Waals surface area contributed by atoms with Gasteiger partial charge in [-0.05, 0) is 11.0 Å². The van der Waals surface area contributed by atoms with Gasteiger partial charge in [0.15, 0.2) is 0 Å². The van der Waals surface area contributed by atoms with Crippen LogP contribution in [0.3, 0.4) is 0 Å². The highest BCUT2D eigenvalue weighted by atomic mass is 16.3. The molecule has 0 spiro atoms. The molecule has 0 saturated carbocycles. The predicted octanol–water partition coefficient (Wildman–Crippen LogP) is -0.0583. The van der Waals surface area contributed by atoms with Crippen LogP contribution in [0, 0.1) is 0 Å². The third-order valence-corrected chi connectivity index (χ3v) is 1.72. The molecule has 4 N–H and O–H groups in total. The quantitative estimate of drug-likeness (QED) is 0.590. The van der Waals surface area contributed by atoms with Crippen molar-refractivity contribution in [2.24, 2.45) is 5.73 Å². The molecule has 1 aromatic carbocycles. The third kappa shape index (κ3) is 3.50. The van der Waals surface area contributed by atoms with Gasteiger partial charge in [0.2, 0.25) is 0 Å². The van der Waals surface area contributed by atoms with Gasteiger partial charge in [0.1, 0.15) is 0 Å². The third-order valence-electron chi connectivity index (χ3n) is 1.72. The summed E-state index contributed by atoms with van der Waals surface area (Å²) in [4.78, 5) is 0. The molecule has 0 heterocycles. The lowest BCUT2D eigenvalue weighted by molar-refractivity contribution is 0.187. The molecule has 1 rings (SSSR count). The molecular weight excluding hydrogens is 177 g/mol. The molecule has 0 aliphatic heterocycles. The lowest BCUT2D eigenvalue weighted by atomic mass is 9.82. The first-order valence-electron chi connectivity index (χ1n) is 4.74. The zero-order chi connectivity index (χ0) is 11.0. The minimum absolute atomic E-state index is 0.158. The molecule has 0 aliphatic rings. The Bertz CT molecular complexity index is 256. The number of nitrogens with two attached hydrogens (primary N) is 1. The molecule has 0 aliphatic carbocycles. The molecule has 4 heteroatoms. The largest absolute Gasteiger partial charge is 0.450 e. The van der Waals surface area contributed by atoms with Crippen molar-refractivity contribution in [3.8, 4) is 0 Å². The molecule has 3 nitrogen and oxygen atoms in total. The minimum atomic E-state index is -0.704. The van der Waals surface area contributed by atoms with Gasteiger partial charge in [0.25, 0.3) is 0 Å². The lowest BCUT2D eigenvalue weighted by Gasteiger charge is -2.11. The molecule has 77 valence electrons.